The minimum absolute atomic E-state index is 0.151. The summed E-state index contributed by atoms with van der Waals surface area (Å²) in [5.74, 6) is -0.175. The third-order valence-electron chi connectivity index (χ3n) is 4.94. The van der Waals surface area contributed by atoms with Crippen LogP contribution in [-0.4, -0.2) is 61.1 Å². The van der Waals surface area contributed by atoms with E-state index in [9.17, 15) is 14.4 Å². The van der Waals surface area contributed by atoms with Crippen LogP contribution >= 0.6 is 0 Å². The van der Waals surface area contributed by atoms with Crippen LogP contribution in [-0.2, 0) is 20.9 Å². The predicted molar refractivity (Wildman–Crippen MR) is 90.6 cm³/mol. The molecular weight excluding hydrogens is 338 g/mol. The quantitative estimate of drug-likeness (QED) is 0.724. The van der Waals surface area contributed by atoms with Crippen LogP contribution in [0, 0.1) is 0 Å². The number of ether oxygens (including phenoxy) is 2. The molecule has 8 nitrogen and oxygen atoms in total. The van der Waals surface area contributed by atoms with Crippen molar-refractivity contribution in [3.8, 4) is 5.75 Å². The molecule has 26 heavy (non-hydrogen) atoms. The minimum atomic E-state index is -0.597. The lowest BCUT2D eigenvalue weighted by Crippen LogP contribution is -2.52. The van der Waals surface area contributed by atoms with Crippen molar-refractivity contribution in [1.82, 2.24) is 15.5 Å². The molecular formula is C18H21N3O5. The zero-order valence-electron chi connectivity index (χ0n) is 14.3. The molecule has 0 aromatic heterocycles. The number of nitrogens with zero attached hydrogens (tertiary/aromatic N) is 1. The molecule has 3 amide bonds. The number of hydrogen-bond acceptors (Lipinski definition) is 6. The zero-order valence-corrected chi connectivity index (χ0v) is 14.3. The highest BCUT2D eigenvalue weighted by molar-refractivity contribution is 6.05. The molecule has 2 saturated heterocycles. The molecule has 0 radical (unpaired) electrons. The van der Waals surface area contributed by atoms with E-state index in [1.54, 1.807) is 12.1 Å². The molecule has 3 aliphatic heterocycles. The van der Waals surface area contributed by atoms with Gasteiger partial charge in [0.2, 0.25) is 11.8 Å². The third-order valence-corrected chi connectivity index (χ3v) is 4.94. The molecule has 2 N–H and O–H groups in total. The second-order valence-corrected chi connectivity index (χ2v) is 6.76. The van der Waals surface area contributed by atoms with Crippen LogP contribution < -0.4 is 15.4 Å². The van der Waals surface area contributed by atoms with Crippen LogP contribution in [0.5, 0.6) is 5.75 Å². The molecule has 0 aliphatic carbocycles. The average Bonchev–Trinajstić information content (AvgIpc) is 2.97. The number of carbonyl (C=O) groups excluding carboxylic acids is 3. The molecule has 3 aliphatic rings. The van der Waals surface area contributed by atoms with Crippen LogP contribution in [0.15, 0.2) is 18.2 Å². The van der Waals surface area contributed by atoms with E-state index in [1.807, 2.05) is 6.07 Å². The van der Waals surface area contributed by atoms with Crippen LogP contribution in [0.3, 0.4) is 0 Å². The predicted octanol–water partition coefficient (Wildman–Crippen LogP) is -0.185. The summed E-state index contributed by atoms with van der Waals surface area (Å²) in [4.78, 5) is 37.5. The van der Waals surface area contributed by atoms with Gasteiger partial charge in [0, 0.05) is 25.1 Å². The molecule has 0 bridgehead atoms. The third kappa shape index (κ3) is 3.30. The van der Waals surface area contributed by atoms with Gasteiger partial charge in [-0.15, -0.1) is 0 Å². The number of amides is 3. The Hall–Kier alpha value is -2.45. The van der Waals surface area contributed by atoms with Crippen molar-refractivity contribution in [2.45, 2.75) is 31.5 Å². The number of carbonyl (C=O) groups is 3. The smallest absolute Gasteiger partial charge is 0.255 e. The summed E-state index contributed by atoms with van der Waals surface area (Å²) in [6, 6.07) is 4.92. The van der Waals surface area contributed by atoms with E-state index in [2.05, 4.69) is 10.6 Å². The Kier molecular flexibility index (Phi) is 4.60. The number of piperidine rings is 1. The molecule has 1 unspecified atom stereocenters. The molecule has 1 aromatic carbocycles. The highest BCUT2D eigenvalue weighted by atomic mass is 16.5. The van der Waals surface area contributed by atoms with Crippen molar-refractivity contribution >= 4 is 17.7 Å². The second-order valence-electron chi connectivity index (χ2n) is 6.76. The largest absolute Gasteiger partial charge is 0.492 e. The summed E-state index contributed by atoms with van der Waals surface area (Å²) in [5, 5.41) is 5.63. The van der Waals surface area contributed by atoms with Crippen molar-refractivity contribution < 1.29 is 23.9 Å². The van der Waals surface area contributed by atoms with E-state index in [0.29, 0.717) is 44.1 Å². The van der Waals surface area contributed by atoms with E-state index in [1.165, 1.54) is 4.90 Å². The molecule has 0 spiro atoms. The van der Waals surface area contributed by atoms with Crippen LogP contribution in [0.2, 0.25) is 0 Å². The Labute approximate surface area is 150 Å². The van der Waals surface area contributed by atoms with Crippen molar-refractivity contribution in [3.05, 3.63) is 29.3 Å². The number of nitrogens with one attached hydrogen (secondary N) is 2. The molecule has 0 saturated carbocycles. The standard InChI is InChI=1S/C18H21N3O5/c22-16-4-3-15(17(23)20-16)21-8-11-7-13(1-2-14(11)18(21)24)26-10-12-9-25-6-5-19-12/h1-2,7,12,15,19H,3-6,8-10H2,(H,20,22,23)/t12-,15?/m1/s1. The zero-order chi connectivity index (χ0) is 18.1. The van der Waals surface area contributed by atoms with Gasteiger partial charge in [-0.3, -0.25) is 19.7 Å². The van der Waals surface area contributed by atoms with Gasteiger partial charge in [0.25, 0.3) is 5.91 Å². The maximum atomic E-state index is 12.6. The molecule has 138 valence electrons. The van der Waals surface area contributed by atoms with Gasteiger partial charge < -0.3 is 19.7 Å². The number of fused-ring (bicyclic) bond motifs is 1. The fraction of sp³-hybridized carbons (Fsp3) is 0.500. The van der Waals surface area contributed by atoms with E-state index in [4.69, 9.17) is 9.47 Å². The molecule has 2 fully saturated rings. The minimum Gasteiger partial charge on any atom is -0.492 e. The summed E-state index contributed by atoms with van der Waals surface area (Å²) in [6.07, 6.45) is 0.614. The lowest BCUT2D eigenvalue weighted by Gasteiger charge is -2.29. The first-order chi connectivity index (χ1) is 12.6. The average molecular weight is 359 g/mol. The van der Waals surface area contributed by atoms with Gasteiger partial charge in [0.1, 0.15) is 18.4 Å². The summed E-state index contributed by atoms with van der Waals surface area (Å²) < 4.78 is 11.2. The number of hydrogen-bond donors (Lipinski definition) is 2. The van der Waals surface area contributed by atoms with Crippen molar-refractivity contribution in [2.75, 3.05) is 26.4 Å². The Bertz CT molecular complexity index is 744. The lowest BCUT2D eigenvalue weighted by atomic mass is 10.0. The van der Waals surface area contributed by atoms with Gasteiger partial charge in [-0.25, -0.2) is 0 Å². The topological polar surface area (TPSA) is 97.0 Å². The Balaban J connectivity index is 1.43. The molecule has 4 rings (SSSR count). The van der Waals surface area contributed by atoms with Crippen LogP contribution in [0.25, 0.3) is 0 Å². The Morgan fingerprint density at radius 1 is 1.27 bits per heavy atom. The second kappa shape index (κ2) is 7.05. The SMILES string of the molecule is O=C1CCC(N2Cc3cc(OC[C@H]4COCCN4)ccc3C2=O)C(=O)N1. The first kappa shape index (κ1) is 17.0. The molecule has 3 heterocycles. The highest BCUT2D eigenvalue weighted by Gasteiger charge is 2.39. The van der Waals surface area contributed by atoms with E-state index in [-0.39, 0.29) is 24.3 Å². The normalized spacial score (nSPS) is 25.8. The number of imide groups is 1. The Morgan fingerprint density at radius 3 is 2.92 bits per heavy atom. The van der Waals surface area contributed by atoms with Gasteiger partial charge in [0.15, 0.2) is 0 Å². The number of morpholine rings is 1. The van der Waals surface area contributed by atoms with Gasteiger partial charge in [-0.1, -0.05) is 0 Å². The molecule has 8 heteroatoms. The first-order valence-corrected chi connectivity index (χ1v) is 8.83. The van der Waals surface area contributed by atoms with Crippen LogP contribution in [0.1, 0.15) is 28.8 Å². The molecule has 1 aromatic rings. The number of rotatable bonds is 4. The summed E-state index contributed by atoms with van der Waals surface area (Å²) in [7, 11) is 0. The highest BCUT2D eigenvalue weighted by Crippen LogP contribution is 2.30. The van der Waals surface area contributed by atoms with Crippen molar-refractivity contribution in [3.63, 3.8) is 0 Å². The van der Waals surface area contributed by atoms with Crippen molar-refractivity contribution in [1.29, 1.82) is 0 Å². The number of benzene rings is 1. The fourth-order valence-electron chi connectivity index (χ4n) is 3.56. The van der Waals surface area contributed by atoms with Crippen molar-refractivity contribution in [2.24, 2.45) is 0 Å². The summed E-state index contributed by atoms with van der Waals surface area (Å²) in [5.41, 5.74) is 1.42. The van der Waals surface area contributed by atoms with E-state index in [0.717, 1.165) is 12.1 Å². The lowest BCUT2D eigenvalue weighted by molar-refractivity contribution is -0.136. The van der Waals surface area contributed by atoms with Gasteiger partial charge >= 0.3 is 0 Å². The van der Waals surface area contributed by atoms with E-state index < -0.39 is 11.9 Å². The van der Waals surface area contributed by atoms with Gasteiger partial charge in [0.05, 0.1) is 19.3 Å². The summed E-state index contributed by atoms with van der Waals surface area (Å²) >= 11 is 0. The fourth-order valence-corrected chi connectivity index (χ4v) is 3.56. The van der Waals surface area contributed by atoms with E-state index >= 15 is 0 Å². The Morgan fingerprint density at radius 2 is 2.15 bits per heavy atom. The van der Waals surface area contributed by atoms with Gasteiger partial charge in [-0.05, 0) is 30.2 Å². The maximum absolute atomic E-state index is 12.6. The van der Waals surface area contributed by atoms with Crippen LogP contribution in [0.4, 0.5) is 0 Å². The summed E-state index contributed by atoms with van der Waals surface area (Å²) in [6.45, 7) is 2.99. The maximum Gasteiger partial charge on any atom is 0.255 e. The monoisotopic (exact) mass is 359 g/mol. The van der Waals surface area contributed by atoms with Gasteiger partial charge in [-0.2, -0.15) is 0 Å². The first-order valence-electron chi connectivity index (χ1n) is 8.83. The molecule has 2 atom stereocenters.